The normalized spacial score (nSPS) is 14.0. The Hall–Kier alpha value is -3.03. The molecule has 8 nitrogen and oxygen atoms in total. The number of nitrogens with one attached hydrogen (secondary N) is 2. The Balaban J connectivity index is 2.59. The van der Waals surface area contributed by atoms with Crippen molar-refractivity contribution in [2.24, 2.45) is 0 Å². The van der Waals surface area contributed by atoms with E-state index < -0.39 is 23.6 Å². The summed E-state index contributed by atoms with van der Waals surface area (Å²) in [5.41, 5.74) is 3.73. The van der Waals surface area contributed by atoms with Crippen LogP contribution >= 0.6 is 0 Å². The number of hydrazine groups is 1. The van der Waals surface area contributed by atoms with E-state index in [4.69, 9.17) is 9.47 Å². The molecule has 2 aromatic rings. The Morgan fingerprint density at radius 1 is 1.21 bits per heavy atom. The number of aromatic amines is 1. The summed E-state index contributed by atoms with van der Waals surface area (Å²) in [4.78, 5) is 40.5. The molecule has 0 saturated carbocycles. The molecule has 0 aliphatic rings. The van der Waals surface area contributed by atoms with Gasteiger partial charge in [0.25, 0.3) is 0 Å². The fourth-order valence-corrected chi connectivity index (χ4v) is 3.75. The van der Waals surface area contributed by atoms with Crippen molar-refractivity contribution in [2.45, 2.75) is 52.5 Å². The first kappa shape index (κ1) is 22.3. The Labute approximate surface area is 170 Å². The predicted molar refractivity (Wildman–Crippen MR) is 110 cm³/mol. The number of H-pyrrole nitrogens is 1. The number of fused-ring (bicyclic) bond motifs is 1. The van der Waals surface area contributed by atoms with Crippen LogP contribution < -0.4 is 5.43 Å². The van der Waals surface area contributed by atoms with Crippen LogP contribution in [0.25, 0.3) is 10.9 Å². The van der Waals surface area contributed by atoms with Gasteiger partial charge in [0.2, 0.25) is 0 Å². The van der Waals surface area contributed by atoms with E-state index in [9.17, 15) is 14.4 Å². The zero-order valence-corrected chi connectivity index (χ0v) is 17.6. The van der Waals surface area contributed by atoms with E-state index >= 15 is 0 Å². The Morgan fingerprint density at radius 2 is 1.86 bits per heavy atom. The highest BCUT2D eigenvalue weighted by atomic mass is 16.6. The summed E-state index contributed by atoms with van der Waals surface area (Å²) in [5.74, 6) is -0.414. The molecule has 2 N–H and O–H groups in total. The zero-order chi connectivity index (χ0) is 21.6. The number of para-hydroxylation sites is 1. The molecule has 0 aliphatic carbocycles. The van der Waals surface area contributed by atoms with Crippen LogP contribution in [-0.4, -0.2) is 47.2 Å². The molecule has 2 rings (SSSR count). The Bertz CT molecular complexity index is 878. The van der Waals surface area contributed by atoms with Crippen molar-refractivity contribution >= 4 is 29.4 Å². The minimum absolute atomic E-state index is 0.0949. The molecule has 0 saturated heterocycles. The first-order chi connectivity index (χ1) is 13.8. The summed E-state index contributed by atoms with van der Waals surface area (Å²) in [7, 11) is 0. The number of aromatic nitrogens is 1. The van der Waals surface area contributed by atoms with E-state index in [0.29, 0.717) is 12.7 Å². The van der Waals surface area contributed by atoms with Gasteiger partial charge in [0, 0.05) is 22.5 Å². The Kier molecular flexibility index (Phi) is 7.25. The number of rotatable bonds is 7. The van der Waals surface area contributed by atoms with Crippen LogP contribution in [0, 0.1) is 6.92 Å². The number of carbonyl (C=O) groups excluding carboxylic acids is 3. The topological polar surface area (TPSA) is 101 Å². The second-order valence-electron chi connectivity index (χ2n) is 6.88. The van der Waals surface area contributed by atoms with Crippen LogP contribution in [0.1, 0.15) is 51.3 Å². The van der Waals surface area contributed by atoms with Gasteiger partial charge >= 0.3 is 12.2 Å². The SMILES string of the molecule is CCOC(=O)NN(C(=O)OCC)[C@](C)(C=O)[C@H](CC)c1c(C)[nH]c2ccccc12. The third-order valence-electron chi connectivity index (χ3n) is 5.05. The molecule has 0 radical (unpaired) electrons. The van der Waals surface area contributed by atoms with Gasteiger partial charge in [-0.25, -0.2) is 20.0 Å². The number of aryl methyl sites for hydroxylation is 1. The molecule has 1 heterocycles. The van der Waals surface area contributed by atoms with E-state index in [2.05, 4.69) is 10.4 Å². The van der Waals surface area contributed by atoms with Crippen LogP contribution in [0.15, 0.2) is 24.3 Å². The smallest absolute Gasteiger partial charge is 0.429 e. The van der Waals surface area contributed by atoms with E-state index in [1.807, 2.05) is 38.1 Å². The molecule has 0 spiro atoms. The van der Waals surface area contributed by atoms with Crippen molar-refractivity contribution in [2.75, 3.05) is 13.2 Å². The largest absolute Gasteiger partial charge is 0.449 e. The van der Waals surface area contributed by atoms with Gasteiger partial charge in [-0.2, -0.15) is 0 Å². The maximum atomic E-state index is 12.7. The third kappa shape index (κ3) is 4.36. The third-order valence-corrected chi connectivity index (χ3v) is 5.05. The summed E-state index contributed by atoms with van der Waals surface area (Å²) >= 11 is 0. The number of ether oxygens (including phenoxy) is 2. The van der Waals surface area contributed by atoms with E-state index in [1.54, 1.807) is 20.8 Å². The van der Waals surface area contributed by atoms with E-state index in [0.717, 1.165) is 27.2 Å². The summed E-state index contributed by atoms with van der Waals surface area (Å²) < 4.78 is 10.0. The summed E-state index contributed by atoms with van der Waals surface area (Å²) in [6.07, 6.45) is -0.450. The zero-order valence-electron chi connectivity index (χ0n) is 17.6. The van der Waals surface area contributed by atoms with Gasteiger partial charge in [-0.15, -0.1) is 0 Å². The molecule has 0 bridgehead atoms. The predicted octanol–water partition coefficient (Wildman–Crippen LogP) is 4.05. The highest BCUT2D eigenvalue weighted by Crippen LogP contribution is 2.40. The van der Waals surface area contributed by atoms with Gasteiger partial charge in [-0.3, -0.25) is 0 Å². The number of hydrogen-bond acceptors (Lipinski definition) is 5. The summed E-state index contributed by atoms with van der Waals surface area (Å²) in [6.45, 7) is 8.99. The monoisotopic (exact) mass is 403 g/mol. The molecule has 0 unspecified atom stereocenters. The lowest BCUT2D eigenvalue weighted by molar-refractivity contribution is -0.120. The minimum atomic E-state index is -1.41. The lowest BCUT2D eigenvalue weighted by atomic mass is 9.78. The molecule has 2 amide bonds. The fourth-order valence-electron chi connectivity index (χ4n) is 3.75. The number of hydrogen-bond donors (Lipinski definition) is 2. The molecule has 1 aromatic heterocycles. The van der Waals surface area contributed by atoms with Crippen LogP contribution in [0.5, 0.6) is 0 Å². The molecule has 0 aliphatic heterocycles. The number of nitrogens with zero attached hydrogens (tertiary/aromatic N) is 1. The van der Waals surface area contributed by atoms with Crippen LogP contribution in [0.4, 0.5) is 9.59 Å². The lowest BCUT2D eigenvalue weighted by Crippen LogP contribution is -2.62. The summed E-state index contributed by atoms with van der Waals surface area (Å²) in [6, 6.07) is 7.77. The molecular formula is C21H29N3O5. The highest BCUT2D eigenvalue weighted by Gasteiger charge is 2.46. The number of benzene rings is 1. The molecule has 0 fully saturated rings. The van der Waals surface area contributed by atoms with E-state index in [-0.39, 0.29) is 13.2 Å². The van der Waals surface area contributed by atoms with Crippen molar-refractivity contribution in [1.82, 2.24) is 15.4 Å². The molecule has 158 valence electrons. The number of carbonyl (C=O) groups is 3. The quantitative estimate of drug-likeness (QED) is 0.537. The van der Waals surface area contributed by atoms with Crippen molar-refractivity contribution in [3.8, 4) is 0 Å². The number of aldehydes is 1. The lowest BCUT2D eigenvalue weighted by Gasteiger charge is -2.41. The van der Waals surface area contributed by atoms with Crippen LogP contribution in [-0.2, 0) is 14.3 Å². The maximum absolute atomic E-state index is 12.7. The maximum Gasteiger partial charge on any atom is 0.429 e. The average molecular weight is 403 g/mol. The standard InChI is InChI=1S/C21H29N3O5/c1-6-16(18-14(4)22-17-12-10-9-11-15(17)18)21(5,13-25)24(20(27)29-8-3)23-19(26)28-7-2/h9-13,16,22H,6-8H2,1-5H3,(H,23,26)/t16-,21-/m1/s1. The molecule has 2 atom stereocenters. The van der Waals surface area contributed by atoms with Gasteiger partial charge < -0.3 is 19.3 Å². The summed E-state index contributed by atoms with van der Waals surface area (Å²) in [5, 5.41) is 1.90. The van der Waals surface area contributed by atoms with Crippen molar-refractivity contribution in [1.29, 1.82) is 0 Å². The Morgan fingerprint density at radius 3 is 2.45 bits per heavy atom. The first-order valence-electron chi connectivity index (χ1n) is 9.77. The van der Waals surface area contributed by atoms with Crippen molar-refractivity contribution < 1.29 is 23.9 Å². The molecular weight excluding hydrogens is 374 g/mol. The second-order valence-corrected chi connectivity index (χ2v) is 6.88. The van der Waals surface area contributed by atoms with Gasteiger partial charge in [0.15, 0.2) is 0 Å². The van der Waals surface area contributed by atoms with Gasteiger partial charge in [-0.05, 0) is 45.7 Å². The molecule has 1 aromatic carbocycles. The van der Waals surface area contributed by atoms with Crippen LogP contribution in [0.2, 0.25) is 0 Å². The minimum Gasteiger partial charge on any atom is -0.449 e. The average Bonchev–Trinajstić information content (AvgIpc) is 3.02. The van der Waals surface area contributed by atoms with Crippen molar-refractivity contribution in [3.63, 3.8) is 0 Å². The van der Waals surface area contributed by atoms with Crippen LogP contribution in [0.3, 0.4) is 0 Å². The second kappa shape index (κ2) is 9.45. The van der Waals surface area contributed by atoms with E-state index in [1.165, 1.54) is 0 Å². The highest BCUT2D eigenvalue weighted by molar-refractivity contribution is 5.87. The fraction of sp³-hybridized carbons (Fsp3) is 0.476. The van der Waals surface area contributed by atoms with Gasteiger partial charge in [-0.1, -0.05) is 25.1 Å². The van der Waals surface area contributed by atoms with Gasteiger partial charge in [0.1, 0.15) is 11.8 Å². The van der Waals surface area contributed by atoms with Gasteiger partial charge in [0.05, 0.1) is 13.2 Å². The number of amides is 2. The van der Waals surface area contributed by atoms with Crippen molar-refractivity contribution in [3.05, 3.63) is 35.5 Å². The first-order valence-corrected chi connectivity index (χ1v) is 9.77. The molecule has 8 heteroatoms. The molecule has 29 heavy (non-hydrogen) atoms.